The van der Waals surface area contributed by atoms with Gasteiger partial charge in [-0.15, -0.1) is 0 Å². The molecule has 2 N–H and O–H groups in total. The lowest BCUT2D eigenvalue weighted by Gasteiger charge is -2.12. The van der Waals surface area contributed by atoms with Gasteiger partial charge in [0.25, 0.3) is 5.91 Å². The predicted octanol–water partition coefficient (Wildman–Crippen LogP) is 3.83. The number of nitrogens with one attached hydrogen (secondary N) is 2. The summed E-state index contributed by atoms with van der Waals surface area (Å²) in [5.74, 6) is -1.88. The molecule has 26 heavy (non-hydrogen) atoms. The van der Waals surface area contributed by atoms with Crippen LogP contribution in [0.2, 0.25) is 0 Å². The topological polar surface area (TPSA) is 71.3 Å². The molecular weight excluding hydrogens is 349 g/mol. The molecule has 5 nitrogen and oxygen atoms in total. The van der Waals surface area contributed by atoms with Crippen molar-refractivity contribution in [3.63, 3.8) is 0 Å². The molecule has 0 aliphatic rings. The molecule has 1 heterocycles. The summed E-state index contributed by atoms with van der Waals surface area (Å²) in [5.41, 5.74) is 3.42. The zero-order chi connectivity index (χ0) is 18.9. The van der Waals surface area contributed by atoms with E-state index < -0.39 is 29.1 Å². The van der Waals surface area contributed by atoms with Crippen molar-refractivity contribution in [1.29, 1.82) is 0 Å². The third kappa shape index (κ3) is 3.26. The number of hydrogen-bond acceptors (Lipinski definition) is 3. The van der Waals surface area contributed by atoms with Crippen molar-refractivity contribution in [3.05, 3.63) is 71.0 Å². The number of carbonyl (C=O) groups excluding carboxylic acids is 2. The van der Waals surface area contributed by atoms with Gasteiger partial charge in [0, 0.05) is 10.9 Å². The second kappa shape index (κ2) is 6.55. The van der Waals surface area contributed by atoms with Crippen LogP contribution in [-0.4, -0.2) is 11.8 Å². The Labute approximate surface area is 145 Å². The van der Waals surface area contributed by atoms with Gasteiger partial charge < -0.3 is 4.42 Å². The monoisotopic (exact) mass is 362 g/mol. The fourth-order valence-electron chi connectivity index (χ4n) is 2.56. The summed E-state index contributed by atoms with van der Waals surface area (Å²) in [6.07, 6.45) is -4.69. The van der Waals surface area contributed by atoms with Crippen LogP contribution in [0, 0.1) is 6.92 Å². The lowest BCUT2D eigenvalue weighted by molar-refractivity contribution is -0.137. The molecule has 0 saturated carbocycles. The Morgan fingerprint density at radius 2 is 1.54 bits per heavy atom. The number of carbonyl (C=O) groups is 2. The van der Waals surface area contributed by atoms with E-state index >= 15 is 0 Å². The van der Waals surface area contributed by atoms with Crippen LogP contribution in [0.25, 0.3) is 11.0 Å². The van der Waals surface area contributed by atoms with Gasteiger partial charge in [0.15, 0.2) is 5.76 Å². The number of aryl methyl sites for hydroxylation is 1. The van der Waals surface area contributed by atoms with Crippen LogP contribution in [0.5, 0.6) is 0 Å². The minimum absolute atomic E-state index is 0.0318. The summed E-state index contributed by atoms with van der Waals surface area (Å²) in [4.78, 5) is 24.3. The van der Waals surface area contributed by atoms with Crippen molar-refractivity contribution in [1.82, 2.24) is 10.9 Å². The van der Waals surface area contributed by atoms with Crippen LogP contribution in [0.15, 0.2) is 52.9 Å². The SMILES string of the molecule is Cc1c(C(=O)NNC(=O)c2ccccc2C(F)(F)F)oc2ccccc12. The third-order valence-corrected chi connectivity index (χ3v) is 3.82. The molecule has 3 aromatic rings. The van der Waals surface area contributed by atoms with Gasteiger partial charge in [0.2, 0.25) is 0 Å². The van der Waals surface area contributed by atoms with Gasteiger partial charge in [-0.1, -0.05) is 30.3 Å². The lowest BCUT2D eigenvalue weighted by Crippen LogP contribution is -2.42. The van der Waals surface area contributed by atoms with E-state index in [0.29, 0.717) is 11.1 Å². The molecular formula is C18H13F3N2O3. The molecule has 0 spiro atoms. The molecule has 0 fully saturated rings. The van der Waals surface area contributed by atoms with E-state index in [2.05, 4.69) is 5.43 Å². The number of hydrazine groups is 1. The van der Waals surface area contributed by atoms with Crippen molar-refractivity contribution in [2.75, 3.05) is 0 Å². The first-order valence-corrected chi connectivity index (χ1v) is 7.54. The maximum atomic E-state index is 13.0. The minimum Gasteiger partial charge on any atom is -0.451 e. The molecule has 0 aliphatic carbocycles. The average Bonchev–Trinajstić information content (AvgIpc) is 2.96. The number of alkyl halides is 3. The van der Waals surface area contributed by atoms with Crippen LogP contribution in [0.1, 0.15) is 32.0 Å². The first-order chi connectivity index (χ1) is 12.3. The van der Waals surface area contributed by atoms with E-state index in [-0.39, 0.29) is 5.76 Å². The summed E-state index contributed by atoms with van der Waals surface area (Å²) < 4.78 is 44.3. The van der Waals surface area contributed by atoms with Crippen molar-refractivity contribution in [2.45, 2.75) is 13.1 Å². The lowest BCUT2D eigenvalue weighted by atomic mass is 10.1. The van der Waals surface area contributed by atoms with Gasteiger partial charge in [-0.3, -0.25) is 20.4 Å². The highest BCUT2D eigenvalue weighted by atomic mass is 19.4. The standard InChI is InChI=1S/C18H13F3N2O3/c1-10-11-6-3-5-9-14(11)26-15(10)17(25)23-22-16(24)12-7-2-4-8-13(12)18(19,20)21/h2-9H,1H3,(H,22,24)(H,23,25). The van der Waals surface area contributed by atoms with E-state index in [4.69, 9.17) is 4.42 Å². The van der Waals surface area contributed by atoms with E-state index in [1.807, 2.05) is 5.43 Å². The van der Waals surface area contributed by atoms with Gasteiger partial charge >= 0.3 is 12.1 Å². The van der Waals surface area contributed by atoms with E-state index in [0.717, 1.165) is 17.5 Å². The quantitative estimate of drug-likeness (QED) is 0.681. The van der Waals surface area contributed by atoms with Crippen LogP contribution in [0.3, 0.4) is 0 Å². The maximum absolute atomic E-state index is 13.0. The number of furan rings is 1. The van der Waals surface area contributed by atoms with Crippen LogP contribution in [-0.2, 0) is 6.18 Å². The predicted molar refractivity (Wildman–Crippen MR) is 87.3 cm³/mol. The highest BCUT2D eigenvalue weighted by molar-refractivity contribution is 6.01. The Morgan fingerprint density at radius 3 is 2.23 bits per heavy atom. The van der Waals surface area contributed by atoms with Crippen molar-refractivity contribution >= 4 is 22.8 Å². The van der Waals surface area contributed by atoms with Gasteiger partial charge in [0.05, 0.1) is 11.1 Å². The number of hydrogen-bond donors (Lipinski definition) is 2. The maximum Gasteiger partial charge on any atom is 0.417 e. The van der Waals surface area contributed by atoms with Crippen molar-refractivity contribution in [2.24, 2.45) is 0 Å². The van der Waals surface area contributed by atoms with E-state index in [1.165, 1.54) is 12.1 Å². The first kappa shape index (κ1) is 17.5. The molecule has 0 saturated heterocycles. The molecule has 0 bridgehead atoms. The van der Waals surface area contributed by atoms with E-state index in [9.17, 15) is 22.8 Å². The molecule has 0 aliphatic heterocycles. The van der Waals surface area contributed by atoms with Gasteiger partial charge in [-0.25, -0.2) is 0 Å². The Balaban J connectivity index is 1.78. The fourth-order valence-corrected chi connectivity index (χ4v) is 2.56. The highest BCUT2D eigenvalue weighted by Gasteiger charge is 2.35. The smallest absolute Gasteiger partial charge is 0.417 e. The van der Waals surface area contributed by atoms with Crippen LogP contribution >= 0.6 is 0 Å². The summed E-state index contributed by atoms with van der Waals surface area (Å²) in [6, 6.07) is 11.3. The third-order valence-electron chi connectivity index (χ3n) is 3.82. The highest BCUT2D eigenvalue weighted by Crippen LogP contribution is 2.31. The Bertz CT molecular complexity index is 993. The second-order valence-corrected chi connectivity index (χ2v) is 5.50. The van der Waals surface area contributed by atoms with Crippen LogP contribution < -0.4 is 10.9 Å². The number of para-hydroxylation sites is 1. The Kier molecular flexibility index (Phi) is 4.41. The summed E-state index contributed by atoms with van der Waals surface area (Å²) in [7, 11) is 0. The number of rotatable bonds is 2. The zero-order valence-electron chi connectivity index (χ0n) is 13.5. The molecule has 134 valence electrons. The first-order valence-electron chi connectivity index (χ1n) is 7.54. The van der Waals surface area contributed by atoms with Crippen molar-refractivity contribution < 1.29 is 27.2 Å². The van der Waals surface area contributed by atoms with Gasteiger partial charge in [-0.05, 0) is 25.1 Å². The summed E-state index contributed by atoms with van der Waals surface area (Å²) in [6.45, 7) is 1.67. The summed E-state index contributed by atoms with van der Waals surface area (Å²) in [5, 5.41) is 0.728. The van der Waals surface area contributed by atoms with Crippen molar-refractivity contribution in [3.8, 4) is 0 Å². The molecule has 0 atom stereocenters. The Morgan fingerprint density at radius 1 is 0.923 bits per heavy atom. The normalized spacial score (nSPS) is 11.4. The average molecular weight is 362 g/mol. The van der Waals surface area contributed by atoms with E-state index in [1.54, 1.807) is 31.2 Å². The van der Waals surface area contributed by atoms with Gasteiger partial charge in [-0.2, -0.15) is 13.2 Å². The number of halogens is 3. The number of benzene rings is 2. The molecule has 8 heteroatoms. The zero-order valence-corrected chi connectivity index (χ0v) is 13.5. The summed E-state index contributed by atoms with van der Waals surface area (Å²) >= 11 is 0. The number of amides is 2. The fraction of sp³-hybridized carbons (Fsp3) is 0.111. The molecule has 0 unspecified atom stereocenters. The Hall–Kier alpha value is -3.29. The van der Waals surface area contributed by atoms with Gasteiger partial charge in [0.1, 0.15) is 5.58 Å². The molecule has 2 aromatic carbocycles. The molecule has 2 amide bonds. The molecule has 1 aromatic heterocycles. The van der Waals surface area contributed by atoms with Crippen LogP contribution in [0.4, 0.5) is 13.2 Å². The largest absolute Gasteiger partial charge is 0.451 e. The second-order valence-electron chi connectivity index (χ2n) is 5.50. The number of fused-ring (bicyclic) bond motifs is 1. The molecule has 3 rings (SSSR count). The molecule has 0 radical (unpaired) electrons. The minimum atomic E-state index is -4.69.